The molecule has 27 heavy (non-hydrogen) atoms. The van der Waals surface area contributed by atoms with Crippen molar-refractivity contribution in [2.45, 2.75) is 19.8 Å². The predicted molar refractivity (Wildman–Crippen MR) is 103 cm³/mol. The average molecular weight is 369 g/mol. The minimum absolute atomic E-state index is 0.282. The highest BCUT2D eigenvalue weighted by molar-refractivity contribution is 6.08. The molecule has 142 valence electrons. The molecule has 1 aliphatic heterocycles. The summed E-state index contributed by atoms with van der Waals surface area (Å²) >= 11 is 0. The van der Waals surface area contributed by atoms with E-state index < -0.39 is 5.97 Å². The molecule has 1 saturated heterocycles. The molecule has 1 aromatic heterocycles. The molecule has 7 heteroatoms. The van der Waals surface area contributed by atoms with Crippen molar-refractivity contribution in [3.05, 3.63) is 47.7 Å². The fourth-order valence-electron chi connectivity index (χ4n) is 3.12. The highest BCUT2D eigenvalue weighted by Gasteiger charge is 2.21. The fourth-order valence-corrected chi connectivity index (χ4v) is 3.12. The first-order chi connectivity index (χ1) is 13.1. The van der Waals surface area contributed by atoms with Gasteiger partial charge in [-0.25, -0.2) is 9.78 Å². The van der Waals surface area contributed by atoms with Gasteiger partial charge < -0.3 is 19.7 Å². The van der Waals surface area contributed by atoms with E-state index in [1.54, 1.807) is 30.5 Å². The van der Waals surface area contributed by atoms with E-state index in [4.69, 9.17) is 9.47 Å². The SMILES string of the molecule is CCOc1ncccc1C(=O)Nc1cc(C(=O)OC)ccc1N1CCCC1. The van der Waals surface area contributed by atoms with Crippen LogP contribution in [0.5, 0.6) is 5.88 Å². The van der Waals surface area contributed by atoms with E-state index in [9.17, 15) is 9.59 Å². The number of nitrogens with zero attached hydrogens (tertiary/aromatic N) is 2. The number of carbonyl (C=O) groups is 2. The molecule has 0 spiro atoms. The molecule has 2 heterocycles. The Bertz CT molecular complexity index is 832. The lowest BCUT2D eigenvalue weighted by molar-refractivity contribution is 0.0600. The van der Waals surface area contributed by atoms with Crippen molar-refractivity contribution in [3.63, 3.8) is 0 Å². The molecule has 3 rings (SSSR count). The average Bonchev–Trinajstić information content (AvgIpc) is 3.22. The van der Waals surface area contributed by atoms with E-state index in [0.717, 1.165) is 31.6 Å². The number of hydrogen-bond acceptors (Lipinski definition) is 6. The van der Waals surface area contributed by atoms with Crippen LogP contribution in [0.3, 0.4) is 0 Å². The molecule has 0 saturated carbocycles. The first-order valence-corrected chi connectivity index (χ1v) is 9.00. The number of aromatic nitrogens is 1. The number of benzene rings is 1. The quantitative estimate of drug-likeness (QED) is 0.788. The molecule has 1 N–H and O–H groups in total. The van der Waals surface area contributed by atoms with Crippen LogP contribution in [0.25, 0.3) is 0 Å². The molecule has 0 bridgehead atoms. The van der Waals surface area contributed by atoms with Crippen LogP contribution in [-0.2, 0) is 4.74 Å². The summed E-state index contributed by atoms with van der Waals surface area (Å²) in [6.07, 6.45) is 3.78. The Hall–Kier alpha value is -3.09. The number of methoxy groups -OCH3 is 1. The Morgan fingerprint density at radius 1 is 1.22 bits per heavy atom. The summed E-state index contributed by atoms with van der Waals surface area (Å²) in [6, 6.07) is 8.55. The molecular formula is C20H23N3O4. The maximum absolute atomic E-state index is 12.9. The third-order valence-corrected chi connectivity index (χ3v) is 4.41. The fraction of sp³-hybridized carbons (Fsp3) is 0.350. The lowest BCUT2D eigenvalue weighted by Gasteiger charge is -2.22. The molecule has 1 amide bonds. The predicted octanol–water partition coefficient (Wildman–Crippen LogP) is 3.12. The van der Waals surface area contributed by atoms with Crippen molar-refractivity contribution in [1.82, 2.24) is 4.98 Å². The summed E-state index contributed by atoms with van der Waals surface area (Å²) in [5.41, 5.74) is 2.17. The maximum Gasteiger partial charge on any atom is 0.337 e. The van der Waals surface area contributed by atoms with Crippen molar-refractivity contribution in [2.24, 2.45) is 0 Å². The first kappa shape index (κ1) is 18.7. The van der Waals surface area contributed by atoms with Gasteiger partial charge in [0.15, 0.2) is 0 Å². The molecule has 0 radical (unpaired) electrons. The third kappa shape index (κ3) is 4.19. The normalized spacial score (nSPS) is 13.3. The van der Waals surface area contributed by atoms with Gasteiger partial charge in [0.25, 0.3) is 5.91 Å². The third-order valence-electron chi connectivity index (χ3n) is 4.41. The van der Waals surface area contributed by atoms with E-state index in [1.807, 2.05) is 13.0 Å². The highest BCUT2D eigenvalue weighted by Crippen LogP contribution is 2.31. The van der Waals surface area contributed by atoms with Crippen LogP contribution in [-0.4, -0.2) is 43.7 Å². The molecule has 1 fully saturated rings. The zero-order valence-electron chi connectivity index (χ0n) is 15.5. The number of carbonyl (C=O) groups excluding carboxylic acids is 2. The second-order valence-electron chi connectivity index (χ2n) is 6.16. The number of esters is 1. The number of ether oxygens (including phenoxy) is 2. The largest absolute Gasteiger partial charge is 0.477 e. The summed E-state index contributed by atoms with van der Waals surface area (Å²) in [7, 11) is 1.33. The Morgan fingerprint density at radius 2 is 2.00 bits per heavy atom. The number of rotatable bonds is 6. The lowest BCUT2D eigenvalue weighted by atomic mass is 10.1. The van der Waals surface area contributed by atoms with Gasteiger partial charge in [-0.15, -0.1) is 0 Å². The molecule has 7 nitrogen and oxygen atoms in total. The van der Waals surface area contributed by atoms with Gasteiger partial charge >= 0.3 is 5.97 Å². The van der Waals surface area contributed by atoms with Crippen molar-refractivity contribution >= 4 is 23.3 Å². The molecule has 2 aromatic rings. The van der Waals surface area contributed by atoms with Gasteiger partial charge in [-0.3, -0.25) is 4.79 Å². The van der Waals surface area contributed by atoms with Crippen molar-refractivity contribution in [2.75, 3.05) is 37.0 Å². The summed E-state index contributed by atoms with van der Waals surface area (Å²) in [5, 5.41) is 2.91. The van der Waals surface area contributed by atoms with Gasteiger partial charge in [-0.1, -0.05) is 0 Å². The number of hydrogen-bond donors (Lipinski definition) is 1. The Kier molecular flexibility index (Phi) is 5.90. The standard InChI is InChI=1S/C20H23N3O4/c1-3-27-19-15(7-6-10-21-19)18(24)22-16-13-14(20(25)26-2)8-9-17(16)23-11-4-5-12-23/h6-10,13H,3-5,11-12H2,1-2H3,(H,22,24). The monoisotopic (exact) mass is 369 g/mol. The van der Waals surface area contributed by atoms with Crippen LogP contribution in [0.4, 0.5) is 11.4 Å². The lowest BCUT2D eigenvalue weighted by Crippen LogP contribution is -2.22. The molecule has 1 aromatic carbocycles. The van der Waals surface area contributed by atoms with Crippen LogP contribution in [0, 0.1) is 0 Å². The number of nitrogens with one attached hydrogen (secondary N) is 1. The Balaban J connectivity index is 1.94. The summed E-state index contributed by atoms with van der Waals surface area (Å²) in [6.45, 7) is 4.07. The number of anilines is 2. The van der Waals surface area contributed by atoms with Crippen LogP contribution in [0.1, 0.15) is 40.5 Å². The van der Waals surface area contributed by atoms with E-state index in [-0.39, 0.29) is 11.8 Å². The van der Waals surface area contributed by atoms with E-state index >= 15 is 0 Å². The van der Waals surface area contributed by atoms with Gasteiger partial charge in [0, 0.05) is 19.3 Å². The molecule has 0 atom stereocenters. The highest BCUT2D eigenvalue weighted by atomic mass is 16.5. The molecule has 1 aliphatic rings. The topological polar surface area (TPSA) is 80.8 Å². The van der Waals surface area contributed by atoms with Gasteiger partial charge in [0.05, 0.1) is 30.7 Å². The maximum atomic E-state index is 12.9. The first-order valence-electron chi connectivity index (χ1n) is 9.00. The van der Waals surface area contributed by atoms with E-state index in [0.29, 0.717) is 23.4 Å². The van der Waals surface area contributed by atoms with Crippen LogP contribution in [0.2, 0.25) is 0 Å². The van der Waals surface area contributed by atoms with Gasteiger partial charge in [0.1, 0.15) is 5.56 Å². The zero-order valence-corrected chi connectivity index (χ0v) is 15.5. The minimum Gasteiger partial charge on any atom is -0.477 e. The number of amides is 1. The van der Waals surface area contributed by atoms with Gasteiger partial charge in [0.2, 0.25) is 5.88 Å². The smallest absolute Gasteiger partial charge is 0.337 e. The van der Waals surface area contributed by atoms with E-state index in [2.05, 4.69) is 15.2 Å². The zero-order chi connectivity index (χ0) is 19.2. The van der Waals surface area contributed by atoms with Gasteiger partial charge in [-0.05, 0) is 50.1 Å². The Labute approximate surface area is 158 Å². The van der Waals surface area contributed by atoms with Crippen LogP contribution < -0.4 is 15.0 Å². The molecule has 0 unspecified atom stereocenters. The second-order valence-corrected chi connectivity index (χ2v) is 6.16. The molecular weight excluding hydrogens is 346 g/mol. The van der Waals surface area contributed by atoms with Crippen molar-refractivity contribution in [3.8, 4) is 5.88 Å². The second kappa shape index (κ2) is 8.53. The van der Waals surface area contributed by atoms with E-state index in [1.165, 1.54) is 7.11 Å². The molecule has 0 aliphatic carbocycles. The van der Waals surface area contributed by atoms with Gasteiger partial charge in [-0.2, -0.15) is 0 Å². The van der Waals surface area contributed by atoms with Crippen molar-refractivity contribution < 1.29 is 19.1 Å². The van der Waals surface area contributed by atoms with Crippen LogP contribution in [0.15, 0.2) is 36.5 Å². The number of pyridine rings is 1. The van der Waals surface area contributed by atoms with Crippen LogP contribution >= 0.6 is 0 Å². The minimum atomic E-state index is -0.449. The summed E-state index contributed by atoms with van der Waals surface area (Å²) in [5.74, 6) is -0.506. The Morgan fingerprint density at radius 3 is 2.70 bits per heavy atom. The van der Waals surface area contributed by atoms with Crippen molar-refractivity contribution in [1.29, 1.82) is 0 Å². The summed E-state index contributed by atoms with van der Waals surface area (Å²) in [4.78, 5) is 31.1. The summed E-state index contributed by atoms with van der Waals surface area (Å²) < 4.78 is 10.3.